The van der Waals surface area contributed by atoms with Gasteiger partial charge in [0, 0.05) is 19.3 Å². The molecule has 0 aliphatic heterocycles. The highest BCUT2D eigenvalue weighted by atomic mass is 28.4. The molecule has 0 amide bonds. The van der Waals surface area contributed by atoms with Crippen LogP contribution in [0.4, 0.5) is 5.69 Å². The van der Waals surface area contributed by atoms with Crippen LogP contribution < -0.4 is 5.32 Å². The van der Waals surface area contributed by atoms with Crippen LogP contribution in [0.3, 0.4) is 0 Å². The smallest absolute Gasteiger partial charge is 0.191 e. The molecule has 0 saturated heterocycles. The summed E-state index contributed by atoms with van der Waals surface area (Å²) < 4.78 is 6.21. The minimum atomic E-state index is -1.61. The summed E-state index contributed by atoms with van der Waals surface area (Å²) in [5.74, 6) is 0. The van der Waals surface area contributed by atoms with Gasteiger partial charge in [-0.2, -0.15) is 0 Å². The van der Waals surface area contributed by atoms with E-state index >= 15 is 0 Å². The maximum atomic E-state index is 6.21. The van der Waals surface area contributed by atoms with E-state index in [1.54, 1.807) is 0 Å². The summed E-state index contributed by atoms with van der Waals surface area (Å²) in [5, 5.41) is 3.52. The zero-order valence-electron chi connectivity index (χ0n) is 12.6. The van der Waals surface area contributed by atoms with Gasteiger partial charge in [0.15, 0.2) is 8.32 Å². The van der Waals surface area contributed by atoms with Crippen LogP contribution in [0.1, 0.15) is 26.3 Å². The van der Waals surface area contributed by atoms with Crippen molar-refractivity contribution in [1.29, 1.82) is 0 Å². The van der Waals surface area contributed by atoms with Gasteiger partial charge in [-0.25, -0.2) is 0 Å². The molecule has 0 bridgehead atoms. The quantitative estimate of drug-likeness (QED) is 0.802. The Morgan fingerprint density at radius 1 is 1.17 bits per heavy atom. The van der Waals surface area contributed by atoms with Gasteiger partial charge in [0.05, 0.1) is 0 Å². The van der Waals surface area contributed by atoms with Crippen molar-refractivity contribution in [2.24, 2.45) is 0 Å². The maximum Gasteiger partial charge on any atom is 0.191 e. The van der Waals surface area contributed by atoms with Gasteiger partial charge < -0.3 is 9.74 Å². The van der Waals surface area contributed by atoms with Crippen molar-refractivity contribution in [3.05, 3.63) is 29.8 Å². The van der Waals surface area contributed by atoms with Gasteiger partial charge in [-0.1, -0.05) is 39.0 Å². The number of anilines is 1. The number of hydrogen-bond donors (Lipinski definition) is 1. The third kappa shape index (κ3) is 3.85. The average Bonchev–Trinajstić information content (AvgIpc) is 2.28. The molecule has 0 spiro atoms. The second-order valence-corrected chi connectivity index (χ2v) is 11.1. The molecule has 0 aliphatic rings. The molecule has 1 rings (SSSR count). The summed E-state index contributed by atoms with van der Waals surface area (Å²) in [4.78, 5) is 0. The van der Waals surface area contributed by atoms with Crippen LogP contribution in [0.15, 0.2) is 24.3 Å². The molecule has 3 heteroatoms. The molecular formula is C15H27NOSi. The second kappa shape index (κ2) is 5.89. The van der Waals surface area contributed by atoms with Crippen LogP contribution in [0, 0.1) is 0 Å². The van der Waals surface area contributed by atoms with Crippen molar-refractivity contribution in [3.63, 3.8) is 0 Å². The topological polar surface area (TPSA) is 21.3 Å². The van der Waals surface area contributed by atoms with Crippen LogP contribution in [-0.2, 0) is 10.8 Å². The first-order valence-corrected chi connectivity index (χ1v) is 9.58. The Balaban J connectivity index is 2.57. The zero-order valence-corrected chi connectivity index (χ0v) is 13.6. The lowest BCUT2D eigenvalue weighted by molar-refractivity contribution is 0.292. The Morgan fingerprint density at radius 2 is 1.78 bits per heavy atom. The van der Waals surface area contributed by atoms with Crippen LogP contribution in [0.2, 0.25) is 18.1 Å². The van der Waals surface area contributed by atoms with Crippen LogP contribution in [0.25, 0.3) is 0 Å². The highest BCUT2D eigenvalue weighted by Gasteiger charge is 2.36. The molecule has 1 aromatic rings. The third-order valence-corrected chi connectivity index (χ3v) is 8.47. The first-order valence-electron chi connectivity index (χ1n) is 6.67. The van der Waals surface area contributed by atoms with E-state index < -0.39 is 8.32 Å². The molecular weight excluding hydrogens is 238 g/mol. The maximum absolute atomic E-state index is 6.21. The molecule has 0 heterocycles. The molecule has 0 saturated carbocycles. The lowest BCUT2D eigenvalue weighted by Crippen LogP contribution is -2.41. The van der Waals surface area contributed by atoms with Crippen LogP contribution in [0.5, 0.6) is 0 Å². The molecule has 0 fully saturated rings. The van der Waals surface area contributed by atoms with E-state index in [0.29, 0.717) is 0 Å². The summed E-state index contributed by atoms with van der Waals surface area (Å²) >= 11 is 0. The van der Waals surface area contributed by atoms with E-state index in [1.807, 2.05) is 7.05 Å². The normalized spacial score (nSPS) is 12.6. The molecule has 0 unspecified atom stereocenters. The monoisotopic (exact) mass is 265 g/mol. The standard InChI is InChI=1S/C15H27NOSi/c1-15(2,3)18(5,6)17-12-11-13-9-7-8-10-14(13)16-4/h7-10,16H,11-12H2,1-6H3. The second-order valence-electron chi connectivity index (χ2n) is 6.27. The van der Waals surface area contributed by atoms with Crippen LogP contribution in [-0.4, -0.2) is 22.0 Å². The Kier molecular flexibility index (Phi) is 4.99. The minimum absolute atomic E-state index is 0.287. The molecule has 102 valence electrons. The van der Waals surface area contributed by atoms with E-state index in [-0.39, 0.29) is 5.04 Å². The number of benzene rings is 1. The molecule has 0 aliphatic carbocycles. The summed E-state index contributed by atoms with van der Waals surface area (Å²) in [6, 6.07) is 8.43. The Bertz CT molecular complexity index is 382. The summed E-state index contributed by atoms with van der Waals surface area (Å²) in [6.45, 7) is 12.3. The summed E-state index contributed by atoms with van der Waals surface area (Å²) in [6.07, 6.45) is 0.976. The van der Waals surface area contributed by atoms with E-state index in [2.05, 4.69) is 63.4 Å². The Labute approximate surface area is 113 Å². The fourth-order valence-corrected chi connectivity index (χ4v) is 2.66. The van der Waals surface area contributed by atoms with E-state index in [1.165, 1.54) is 11.3 Å². The lowest BCUT2D eigenvalue weighted by Gasteiger charge is -2.36. The van der Waals surface area contributed by atoms with Crippen molar-refractivity contribution in [3.8, 4) is 0 Å². The number of nitrogens with one attached hydrogen (secondary N) is 1. The van der Waals surface area contributed by atoms with Gasteiger partial charge in [-0.05, 0) is 36.2 Å². The Morgan fingerprint density at radius 3 is 2.33 bits per heavy atom. The predicted octanol–water partition coefficient (Wildman–Crippen LogP) is 4.29. The van der Waals surface area contributed by atoms with E-state index in [9.17, 15) is 0 Å². The largest absolute Gasteiger partial charge is 0.416 e. The van der Waals surface area contributed by atoms with Crippen molar-refractivity contribution in [1.82, 2.24) is 0 Å². The Hall–Kier alpha value is -0.803. The van der Waals surface area contributed by atoms with Gasteiger partial charge in [-0.15, -0.1) is 0 Å². The first kappa shape index (κ1) is 15.3. The number of hydrogen-bond acceptors (Lipinski definition) is 2. The lowest BCUT2D eigenvalue weighted by atomic mass is 10.1. The molecule has 1 aromatic carbocycles. The van der Waals surface area contributed by atoms with Crippen molar-refractivity contribution in [2.75, 3.05) is 19.0 Å². The van der Waals surface area contributed by atoms with Gasteiger partial charge in [0.2, 0.25) is 0 Å². The van der Waals surface area contributed by atoms with Crippen molar-refractivity contribution in [2.45, 2.75) is 45.3 Å². The van der Waals surface area contributed by atoms with Crippen molar-refractivity contribution < 1.29 is 4.43 Å². The average molecular weight is 265 g/mol. The highest BCUT2D eigenvalue weighted by Crippen LogP contribution is 2.36. The van der Waals surface area contributed by atoms with Gasteiger partial charge in [0.1, 0.15) is 0 Å². The van der Waals surface area contributed by atoms with Gasteiger partial charge in [-0.3, -0.25) is 0 Å². The number of rotatable bonds is 5. The molecule has 0 aromatic heterocycles. The van der Waals surface area contributed by atoms with Gasteiger partial charge in [0.25, 0.3) is 0 Å². The fourth-order valence-electron chi connectivity index (χ4n) is 1.61. The molecule has 1 N–H and O–H groups in total. The third-order valence-electron chi connectivity index (χ3n) is 3.93. The first-order chi connectivity index (χ1) is 8.28. The summed E-state index contributed by atoms with van der Waals surface area (Å²) in [5.41, 5.74) is 2.54. The highest BCUT2D eigenvalue weighted by molar-refractivity contribution is 6.74. The SMILES string of the molecule is CNc1ccccc1CCO[Si](C)(C)C(C)(C)C. The van der Waals surface area contributed by atoms with E-state index in [0.717, 1.165) is 13.0 Å². The van der Waals surface area contributed by atoms with E-state index in [4.69, 9.17) is 4.43 Å². The zero-order chi connectivity index (χ0) is 13.8. The van der Waals surface area contributed by atoms with Crippen LogP contribution >= 0.6 is 0 Å². The summed E-state index contributed by atoms with van der Waals surface area (Å²) in [7, 11) is 0.359. The molecule has 18 heavy (non-hydrogen) atoms. The number of para-hydroxylation sites is 1. The van der Waals surface area contributed by atoms with Crippen molar-refractivity contribution >= 4 is 14.0 Å². The van der Waals surface area contributed by atoms with Gasteiger partial charge >= 0.3 is 0 Å². The molecule has 0 radical (unpaired) electrons. The fraction of sp³-hybridized carbons (Fsp3) is 0.600. The molecule has 2 nitrogen and oxygen atoms in total. The minimum Gasteiger partial charge on any atom is -0.416 e. The molecule has 0 atom stereocenters. The predicted molar refractivity (Wildman–Crippen MR) is 82.8 cm³/mol.